The molecule has 1 fully saturated rings. The molecule has 18 heavy (non-hydrogen) atoms. The molecule has 0 aliphatic carbocycles. The predicted molar refractivity (Wildman–Crippen MR) is 76.1 cm³/mol. The lowest BCUT2D eigenvalue weighted by molar-refractivity contribution is 0.260. The summed E-state index contributed by atoms with van der Waals surface area (Å²) < 4.78 is 13.9. The van der Waals surface area contributed by atoms with Crippen molar-refractivity contribution in [3.63, 3.8) is 0 Å². The topological polar surface area (TPSA) is 15.3 Å². The fraction of sp³-hybridized carbons (Fsp3) is 0.571. The van der Waals surface area contributed by atoms with Gasteiger partial charge in [0.05, 0.1) is 4.47 Å². The number of likely N-dealkylation sites (tertiary alicyclic amines) is 1. The van der Waals surface area contributed by atoms with Crippen LogP contribution in [0.4, 0.5) is 4.39 Å². The largest absolute Gasteiger partial charge is 0.311 e. The van der Waals surface area contributed by atoms with Gasteiger partial charge in [-0.25, -0.2) is 4.39 Å². The SMILES string of the molecule is CCN1CCCC1CNCc1cccc(F)c1Br. The maximum Gasteiger partial charge on any atom is 0.137 e. The summed E-state index contributed by atoms with van der Waals surface area (Å²) in [7, 11) is 0. The molecule has 2 nitrogen and oxygen atoms in total. The Hall–Kier alpha value is -0.450. The first kappa shape index (κ1) is 14.0. The Kier molecular flexibility index (Phi) is 5.15. The molecule has 1 aromatic rings. The van der Waals surface area contributed by atoms with Crippen molar-refractivity contribution in [3.8, 4) is 0 Å². The van der Waals surface area contributed by atoms with E-state index in [1.165, 1.54) is 25.5 Å². The number of nitrogens with zero attached hydrogens (tertiary/aromatic N) is 1. The number of hydrogen-bond acceptors (Lipinski definition) is 2. The predicted octanol–water partition coefficient (Wildman–Crippen LogP) is 3.16. The van der Waals surface area contributed by atoms with Gasteiger partial charge in [-0.2, -0.15) is 0 Å². The van der Waals surface area contributed by atoms with Crippen LogP contribution in [-0.4, -0.2) is 30.6 Å². The van der Waals surface area contributed by atoms with Crippen LogP contribution >= 0.6 is 15.9 Å². The molecule has 2 rings (SSSR count). The molecule has 0 aromatic heterocycles. The third-order valence-electron chi connectivity index (χ3n) is 3.63. The summed E-state index contributed by atoms with van der Waals surface area (Å²) >= 11 is 3.29. The zero-order chi connectivity index (χ0) is 13.0. The van der Waals surface area contributed by atoms with Crippen LogP contribution in [0.2, 0.25) is 0 Å². The molecule has 1 saturated heterocycles. The van der Waals surface area contributed by atoms with E-state index in [9.17, 15) is 4.39 Å². The van der Waals surface area contributed by atoms with Crippen molar-refractivity contribution in [2.24, 2.45) is 0 Å². The third kappa shape index (κ3) is 3.31. The van der Waals surface area contributed by atoms with Crippen molar-refractivity contribution in [1.29, 1.82) is 0 Å². The van der Waals surface area contributed by atoms with Gasteiger partial charge in [-0.3, -0.25) is 4.90 Å². The molecular weight excluding hydrogens is 295 g/mol. The summed E-state index contributed by atoms with van der Waals surface area (Å²) in [6.07, 6.45) is 2.56. The van der Waals surface area contributed by atoms with Gasteiger partial charge >= 0.3 is 0 Å². The number of rotatable bonds is 5. The highest BCUT2D eigenvalue weighted by Crippen LogP contribution is 2.20. The average Bonchev–Trinajstić information content (AvgIpc) is 2.82. The maximum absolute atomic E-state index is 13.3. The Bertz CT molecular complexity index is 397. The average molecular weight is 315 g/mol. The van der Waals surface area contributed by atoms with Crippen molar-refractivity contribution in [3.05, 3.63) is 34.1 Å². The van der Waals surface area contributed by atoms with Crippen molar-refractivity contribution in [2.75, 3.05) is 19.6 Å². The van der Waals surface area contributed by atoms with E-state index in [2.05, 4.69) is 33.1 Å². The van der Waals surface area contributed by atoms with Gasteiger partial charge in [0.25, 0.3) is 0 Å². The van der Waals surface area contributed by atoms with E-state index < -0.39 is 0 Å². The smallest absolute Gasteiger partial charge is 0.137 e. The zero-order valence-corrected chi connectivity index (χ0v) is 12.3. The summed E-state index contributed by atoms with van der Waals surface area (Å²) in [4.78, 5) is 2.51. The van der Waals surface area contributed by atoms with Crippen molar-refractivity contribution >= 4 is 15.9 Å². The molecule has 1 N–H and O–H groups in total. The van der Waals surface area contributed by atoms with E-state index in [1.807, 2.05) is 6.07 Å². The Morgan fingerprint density at radius 1 is 1.50 bits per heavy atom. The highest BCUT2D eigenvalue weighted by Gasteiger charge is 2.22. The number of nitrogens with one attached hydrogen (secondary N) is 1. The van der Waals surface area contributed by atoms with Gasteiger partial charge in [-0.15, -0.1) is 0 Å². The molecular formula is C14H20BrFN2. The van der Waals surface area contributed by atoms with Gasteiger partial charge in [-0.05, 0) is 53.5 Å². The molecule has 0 amide bonds. The van der Waals surface area contributed by atoms with E-state index in [-0.39, 0.29) is 5.82 Å². The molecule has 1 atom stereocenters. The Labute approximate surface area is 117 Å². The third-order valence-corrected chi connectivity index (χ3v) is 4.52. The second kappa shape index (κ2) is 6.64. The van der Waals surface area contributed by atoms with E-state index >= 15 is 0 Å². The minimum absolute atomic E-state index is 0.189. The standard InChI is InChI=1S/C14H20BrFN2/c1-2-18-8-4-6-12(18)10-17-9-11-5-3-7-13(16)14(11)15/h3,5,7,12,17H,2,4,6,8-10H2,1H3. The molecule has 1 aromatic carbocycles. The van der Waals surface area contributed by atoms with E-state index in [0.717, 1.165) is 18.7 Å². The molecule has 1 heterocycles. The summed E-state index contributed by atoms with van der Waals surface area (Å²) in [5.74, 6) is -0.189. The van der Waals surface area contributed by atoms with Crippen LogP contribution in [0.25, 0.3) is 0 Å². The molecule has 1 unspecified atom stereocenters. The summed E-state index contributed by atoms with van der Waals surface area (Å²) in [5.41, 5.74) is 0.982. The summed E-state index contributed by atoms with van der Waals surface area (Å²) in [6, 6.07) is 5.82. The Morgan fingerprint density at radius 3 is 3.11 bits per heavy atom. The monoisotopic (exact) mass is 314 g/mol. The van der Waals surface area contributed by atoms with Crippen LogP contribution in [0, 0.1) is 5.82 Å². The number of likely N-dealkylation sites (N-methyl/N-ethyl adjacent to an activating group) is 1. The number of halogens is 2. The van der Waals surface area contributed by atoms with Gasteiger partial charge in [0.2, 0.25) is 0 Å². The summed E-state index contributed by atoms with van der Waals surface area (Å²) in [6.45, 7) is 6.24. The van der Waals surface area contributed by atoms with Crippen LogP contribution in [-0.2, 0) is 6.54 Å². The molecule has 0 spiro atoms. The minimum atomic E-state index is -0.189. The van der Waals surface area contributed by atoms with Gasteiger partial charge in [0.1, 0.15) is 5.82 Å². The first-order valence-corrected chi connectivity index (χ1v) is 7.39. The first-order chi connectivity index (χ1) is 8.72. The molecule has 4 heteroatoms. The Balaban J connectivity index is 1.83. The number of hydrogen-bond donors (Lipinski definition) is 1. The van der Waals surface area contributed by atoms with Crippen LogP contribution in [0.5, 0.6) is 0 Å². The van der Waals surface area contributed by atoms with Crippen LogP contribution in [0.3, 0.4) is 0 Å². The molecule has 1 aliphatic rings. The lowest BCUT2D eigenvalue weighted by atomic mass is 10.2. The van der Waals surface area contributed by atoms with Gasteiger partial charge in [0, 0.05) is 19.1 Å². The van der Waals surface area contributed by atoms with Crippen LogP contribution in [0.15, 0.2) is 22.7 Å². The van der Waals surface area contributed by atoms with Gasteiger partial charge < -0.3 is 5.32 Å². The van der Waals surface area contributed by atoms with Crippen LogP contribution < -0.4 is 5.32 Å². The minimum Gasteiger partial charge on any atom is -0.311 e. The highest BCUT2D eigenvalue weighted by molar-refractivity contribution is 9.10. The lowest BCUT2D eigenvalue weighted by Crippen LogP contribution is -2.37. The molecule has 0 radical (unpaired) electrons. The van der Waals surface area contributed by atoms with Crippen molar-refractivity contribution < 1.29 is 4.39 Å². The summed E-state index contributed by atoms with van der Waals surface area (Å²) in [5, 5.41) is 3.44. The maximum atomic E-state index is 13.3. The van der Waals surface area contributed by atoms with E-state index in [0.29, 0.717) is 17.1 Å². The van der Waals surface area contributed by atoms with E-state index in [4.69, 9.17) is 0 Å². The zero-order valence-electron chi connectivity index (χ0n) is 10.8. The number of benzene rings is 1. The molecule has 100 valence electrons. The second-order valence-corrected chi connectivity index (χ2v) is 5.56. The fourth-order valence-corrected chi connectivity index (χ4v) is 3.01. The van der Waals surface area contributed by atoms with Gasteiger partial charge in [-0.1, -0.05) is 19.1 Å². The van der Waals surface area contributed by atoms with Gasteiger partial charge in [0.15, 0.2) is 0 Å². The molecule has 1 aliphatic heterocycles. The quantitative estimate of drug-likeness (QED) is 0.898. The van der Waals surface area contributed by atoms with Crippen molar-refractivity contribution in [1.82, 2.24) is 10.2 Å². The molecule has 0 saturated carbocycles. The fourth-order valence-electron chi connectivity index (χ4n) is 2.60. The normalized spacial score (nSPS) is 20.5. The van der Waals surface area contributed by atoms with Crippen molar-refractivity contribution in [2.45, 2.75) is 32.4 Å². The molecule has 0 bridgehead atoms. The lowest BCUT2D eigenvalue weighted by Gasteiger charge is -2.23. The first-order valence-electron chi connectivity index (χ1n) is 6.60. The highest BCUT2D eigenvalue weighted by atomic mass is 79.9. The van der Waals surface area contributed by atoms with E-state index in [1.54, 1.807) is 6.07 Å². The Morgan fingerprint density at radius 2 is 2.33 bits per heavy atom. The second-order valence-electron chi connectivity index (χ2n) is 4.77. The van der Waals surface area contributed by atoms with Crippen LogP contribution in [0.1, 0.15) is 25.3 Å².